The van der Waals surface area contributed by atoms with E-state index < -0.39 is 11.5 Å². The van der Waals surface area contributed by atoms with E-state index in [1.54, 1.807) is 13.0 Å². The molecule has 0 radical (unpaired) electrons. The minimum Gasteiger partial charge on any atom is -0.392 e. The van der Waals surface area contributed by atoms with E-state index in [9.17, 15) is 4.79 Å². The van der Waals surface area contributed by atoms with Crippen molar-refractivity contribution in [1.29, 1.82) is 0 Å². The van der Waals surface area contributed by atoms with E-state index in [4.69, 9.17) is 16.7 Å². The molecule has 1 fully saturated rings. The number of hydrogen-bond donors (Lipinski definition) is 2. The number of hydrogen-bond acceptors (Lipinski definition) is 2. The maximum absolute atomic E-state index is 12.1. The van der Waals surface area contributed by atoms with Crippen molar-refractivity contribution in [3.8, 4) is 0 Å². The Morgan fingerprint density at radius 3 is 2.82 bits per heavy atom. The number of benzene rings is 1. The third-order valence-electron chi connectivity index (χ3n) is 3.12. The van der Waals surface area contributed by atoms with Crippen LogP contribution in [-0.2, 0) is 10.2 Å². The van der Waals surface area contributed by atoms with Crippen LogP contribution in [0.4, 0.5) is 0 Å². The minimum atomic E-state index is -0.519. The van der Waals surface area contributed by atoms with Gasteiger partial charge in [0, 0.05) is 11.6 Å². The Labute approximate surface area is 106 Å². The Morgan fingerprint density at radius 1 is 1.59 bits per heavy atom. The summed E-state index contributed by atoms with van der Waals surface area (Å²) in [7, 11) is 0. The van der Waals surface area contributed by atoms with Crippen LogP contribution in [0.2, 0.25) is 5.02 Å². The lowest BCUT2D eigenvalue weighted by Gasteiger charge is -2.16. The highest BCUT2D eigenvalue weighted by Gasteiger charge is 2.51. The molecule has 0 spiro atoms. The molecule has 92 valence electrons. The lowest BCUT2D eigenvalue weighted by molar-refractivity contribution is -0.124. The molecule has 4 heteroatoms. The summed E-state index contributed by atoms with van der Waals surface area (Å²) < 4.78 is 0. The van der Waals surface area contributed by atoms with Crippen LogP contribution in [0.25, 0.3) is 0 Å². The monoisotopic (exact) mass is 253 g/mol. The summed E-state index contributed by atoms with van der Waals surface area (Å²) in [6.45, 7) is 1.94. The fraction of sp³-hybridized carbons (Fsp3) is 0.462. The number of nitrogens with one attached hydrogen (secondary N) is 1. The molecule has 0 aromatic heterocycles. The molecule has 1 saturated carbocycles. The Morgan fingerprint density at radius 2 is 2.29 bits per heavy atom. The second kappa shape index (κ2) is 4.67. The van der Waals surface area contributed by atoms with Gasteiger partial charge in [0.1, 0.15) is 0 Å². The van der Waals surface area contributed by atoms with Gasteiger partial charge in [-0.3, -0.25) is 4.79 Å². The predicted octanol–water partition coefficient (Wildman–Crippen LogP) is 1.87. The van der Waals surface area contributed by atoms with Crippen molar-refractivity contribution in [3.63, 3.8) is 0 Å². The number of carbonyl (C=O) groups excluding carboxylic acids is 1. The number of amides is 1. The van der Waals surface area contributed by atoms with Crippen LogP contribution in [0, 0.1) is 0 Å². The molecular formula is C13H16ClNO2. The number of aliphatic hydroxyl groups excluding tert-OH is 1. The van der Waals surface area contributed by atoms with E-state index in [2.05, 4.69) is 5.32 Å². The lowest BCUT2D eigenvalue weighted by atomic mass is 9.95. The zero-order chi connectivity index (χ0) is 12.5. The molecule has 0 heterocycles. The number of aliphatic hydroxyl groups is 1. The highest BCUT2D eigenvalue weighted by Crippen LogP contribution is 2.48. The summed E-state index contributed by atoms with van der Waals surface area (Å²) in [4.78, 5) is 12.1. The Bertz CT molecular complexity index is 427. The fourth-order valence-electron chi connectivity index (χ4n) is 1.97. The van der Waals surface area contributed by atoms with Crippen LogP contribution in [0.3, 0.4) is 0 Å². The number of halogens is 1. The van der Waals surface area contributed by atoms with Gasteiger partial charge in [-0.05, 0) is 37.5 Å². The number of rotatable bonds is 4. The Kier molecular flexibility index (Phi) is 3.40. The van der Waals surface area contributed by atoms with E-state index in [-0.39, 0.29) is 5.91 Å². The molecule has 0 aliphatic heterocycles. The van der Waals surface area contributed by atoms with Crippen LogP contribution in [0.1, 0.15) is 25.3 Å². The SMILES string of the molecule is CC(O)CNC(=O)C1(c2cccc(Cl)c2)CC1. The lowest BCUT2D eigenvalue weighted by Crippen LogP contribution is -2.38. The molecule has 17 heavy (non-hydrogen) atoms. The van der Waals surface area contributed by atoms with Crippen molar-refractivity contribution in [1.82, 2.24) is 5.32 Å². The second-order valence-electron chi connectivity index (χ2n) is 4.65. The summed E-state index contributed by atoms with van der Waals surface area (Å²) in [5, 5.41) is 12.6. The largest absolute Gasteiger partial charge is 0.392 e. The molecule has 1 amide bonds. The van der Waals surface area contributed by atoms with Crippen LogP contribution in [0.15, 0.2) is 24.3 Å². The molecule has 0 saturated heterocycles. The summed E-state index contributed by atoms with van der Waals surface area (Å²) in [5.74, 6) is -0.0133. The maximum Gasteiger partial charge on any atom is 0.230 e. The Hall–Kier alpha value is -1.06. The highest BCUT2D eigenvalue weighted by atomic mass is 35.5. The smallest absolute Gasteiger partial charge is 0.230 e. The molecule has 1 aromatic carbocycles. The van der Waals surface area contributed by atoms with Gasteiger partial charge in [-0.25, -0.2) is 0 Å². The summed E-state index contributed by atoms with van der Waals surface area (Å²) in [5.41, 5.74) is 0.549. The van der Waals surface area contributed by atoms with E-state index in [1.807, 2.05) is 18.2 Å². The van der Waals surface area contributed by atoms with Crippen molar-refractivity contribution >= 4 is 17.5 Å². The molecule has 3 nitrogen and oxygen atoms in total. The molecule has 1 aromatic rings. The molecular weight excluding hydrogens is 238 g/mol. The molecule has 2 N–H and O–H groups in total. The van der Waals surface area contributed by atoms with Crippen molar-refractivity contribution < 1.29 is 9.90 Å². The first kappa shape index (κ1) is 12.4. The summed E-state index contributed by atoms with van der Waals surface area (Å²) in [6.07, 6.45) is 1.17. The molecule has 1 aliphatic rings. The quantitative estimate of drug-likeness (QED) is 0.861. The third-order valence-corrected chi connectivity index (χ3v) is 3.35. The van der Waals surface area contributed by atoms with Crippen LogP contribution < -0.4 is 5.32 Å². The van der Waals surface area contributed by atoms with Crippen LogP contribution in [-0.4, -0.2) is 23.7 Å². The molecule has 2 rings (SSSR count). The maximum atomic E-state index is 12.1. The van der Waals surface area contributed by atoms with Crippen molar-refractivity contribution in [2.75, 3.05) is 6.54 Å². The molecule has 1 atom stereocenters. The third kappa shape index (κ3) is 2.61. The molecule has 1 unspecified atom stereocenters. The molecule has 1 aliphatic carbocycles. The summed E-state index contributed by atoms with van der Waals surface area (Å²) >= 11 is 5.94. The van der Waals surface area contributed by atoms with Crippen molar-refractivity contribution in [2.24, 2.45) is 0 Å². The predicted molar refractivity (Wildman–Crippen MR) is 67.1 cm³/mol. The van der Waals surface area contributed by atoms with Gasteiger partial charge >= 0.3 is 0 Å². The van der Waals surface area contributed by atoms with Gasteiger partial charge in [-0.15, -0.1) is 0 Å². The summed E-state index contributed by atoms with van der Waals surface area (Å²) in [6, 6.07) is 7.44. The Balaban J connectivity index is 2.11. The average molecular weight is 254 g/mol. The van der Waals surface area contributed by atoms with Gasteiger partial charge in [-0.2, -0.15) is 0 Å². The minimum absolute atomic E-state index is 0.0133. The van der Waals surface area contributed by atoms with Gasteiger partial charge < -0.3 is 10.4 Å². The second-order valence-corrected chi connectivity index (χ2v) is 5.09. The van der Waals surface area contributed by atoms with Gasteiger partial charge in [0.05, 0.1) is 11.5 Å². The van der Waals surface area contributed by atoms with E-state index in [0.29, 0.717) is 11.6 Å². The van der Waals surface area contributed by atoms with Gasteiger partial charge in [0.2, 0.25) is 5.91 Å². The van der Waals surface area contributed by atoms with Gasteiger partial charge in [0.25, 0.3) is 0 Å². The van der Waals surface area contributed by atoms with Gasteiger partial charge in [0.15, 0.2) is 0 Å². The van der Waals surface area contributed by atoms with E-state index in [1.165, 1.54) is 0 Å². The van der Waals surface area contributed by atoms with Crippen molar-refractivity contribution in [3.05, 3.63) is 34.9 Å². The zero-order valence-corrected chi connectivity index (χ0v) is 10.5. The first-order valence-corrected chi connectivity index (χ1v) is 6.15. The van der Waals surface area contributed by atoms with E-state index >= 15 is 0 Å². The fourth-order valence-corrected chi connectivity index (χ4v) is 2.16. The average Bonchev–Trinajstić information content (AvgIpc) is 3.07. The van der Waals surface area contributed by atoms with Crippen molar-refractivity contribution in [2.45, 2.75) is 31.3 Å². The normalized spacial score (nSPS) is 18.5. The first-order valence-electron chi connectivity index (χ1n) is 5.77. The number of carbonyl (C=O) groups is 1. The topological polar surface area (TPSA) is 49.3 Å². The highest BCUT2D eigenvalue weighted by molar-refractivity contribution is 6.30. The first-order chi connectivity index (χ1) is 8.04. The standard InChI is InChI=1S/C13H16ClNO2/c1-9(16)8-15-12(17)13(5-6-13)10-3-2-4-11(14)7-10/h2-4,7,9,16H,5-6,8H2,1H3,(H,15,17). The van der Waals surface area contributed by atoms with E-state index in [0.717, 1.165) is 18.4 Å². The van der Waals surface area contributed by atoms with Gasteiger partial charge in [-0.1, -0.05) is 23.7 Å². The molecule has 0 bridgehead atoms. The van der Waals surface area contributed by atoms with Crippen LogP contribution in [0.5, 0.6) is 0 Å². The zero-order valence-electron chi connectivity index (χ0n) is 9.74. The van der Waals surface area contributed by atoms with Crippen LogP contribution >= 0.6 is 11.6 Å².